The largest absolute Gasteiger partial charge is 0.489 e. The summed E-state index contributed by atoms with van der Waals surface area (Å²) >= 11 is 0. The molecule has 0 aliphatic carbocycles. The van der Waals surface area contributed by atoms with Crippen LogP contribution in [-0.2, 0) is 0 Å². The molecule has 18 heavy (non-hydrogen) atoms. The van der Waals surface area contributed by atoms with Crippen LogP contribution in [-0.4, -0.2) is 19.2 Å². The van der Waals surface area contributed by atoms with Crippen molar-refractivity contribution in [2.75, 3.05) is 13.1 Å². The highest BCUT2D eigenvalue weighted by atomic mass is 16.5. The van der Waals surface area contributed by atoms with Crippen molar-refractivity contribution in [3.05, 3.63) is 28.8 Å². The lowest BCUT2D eigenvalue weighted by molar-refractivity contribution is 0.148. The number of nitrogens with one attached hydrogen (secondary N) is 1. The van der Waals surface area contributed by atoms with Gasteiger partial charge in [-0.25, -0.2) is 0 Å². The smallest absolute Gasteiger partial charge is 0.123 e. The number of hydrogen-bond acceptors (Lipinski definition) is 2. The Kier molecular flexibility index (Phi) is 5.67. The van der Waals surface area contributed by atoms with E-state index in [1.807, 2.05) is 0 Å². The highest BCUT2D eigenvalue weighted by Crippen LogP contribution is 2.25. The predicted octanol–water partition coefficient (Wildman–Crippen LogP) is 3.62. The van der Waals surface area contributed by atoms with Crippen molar-refractivity contribution in [1.82, 2.24) is 5.32 Å². The number of likely N-dealkylation sites (N-methyl/N-ethyl adjacent to an activating group) is 1. The third-order valence-corrected chi connectivity index (χ3v) is 3.38. The fourth-order valence-electron chi connectivity index (χ4n) is 1.99. The van der Waals surface area contributed by atoms with E-state index in [1.54, 1.807) is 0 Å². The Balaban J connectivity index is 2.86. The second kappa shape index (κ2) is 6.79. The molecule has 1 aromatic rings. The molecular formula is C16H27NO. The molecule has 0 heterocycles. The van der Waals surface area contributed by atoms with Gasteiger partial charge in [0.25, 0.3) is 0 Å². The molecule has 0 amide bonds. The molecule has 2 heteroatoms. The zero-order valence-corrected chi connectivity index (χ0v) is 12.6. The second-order valence-electron chi connectivity index (χ2n) is 5.41. The van der Waals surface area contributed by atoms with Gasteiger partial charge in [-0.05, 0) is 56.0 Å². The van der Waals surface area contributed by atoms with Crippen molar-refractivity contribution in [2.24, 2.45) is 5.92 Å². The third-order valence-electron chi connectivity index (χ3n) is 3.38. The van der Waals surface area contributed by atoms with Crippen LogP contribution in [0.4, 0.5) is 0 Å². The molecule has 1 N–H and O–H groups in total. The highest BCUT2D eigenvalue weighted by molar-refractivity contribution is 5.42. The van der Waals surface area contributed by atoms with Crippen molar-refractivity contribution < 1.29 is 4.74 Å². The van der Waals surface area contributed by atoms with Gasteiger partial charge in [0.1, 0.15) is 11.9 Å². The summed E-state index contributed by atoms with van der Waals surface area (Å²) in [6, 6.07) is 4.35. The third kappa shape index (κ3) is 4.02. The molecule has 0 aromatic heterocycles. The van der Waals surface area contributed by atoms with Gasteiger partial charge in [0.2, 0.25) is 0 Å². The zero-order valence-electron chi connectivity index (χ0n) is 12.6. The number of hydrogen-bond donors (Lipinski definition) is 1. The molecule has 1 atom stereocenters. The summed E-state index contributed by atoms with van der Waals surface area (Å²) in [5, 5.41) is 3.37. The Morgan fingerprint density at radius 2 is 1.83 bits per heavy atom. The average molecular weight is 249 g/mol. The molecular weight excluding hydrogens is 222 g/mol. The summed E-state index contributed by atoms with van der Waals surface area (Å²) in [6.45, 7) is 14.8. The van der Waals surface area contributed by atoms with Gasteiger partial charge in [-0.15, -0.1) is 0 Å². The van der Waals surface area contributed by atoms with Gasteiger partial charge in [-0.2, -0.15) is 0 Å². The molecule has 0 bridgehead atoms. The molecule has 1 rings (SSSR count). The second-order valence-corrected chi connectivity index (χ2v) is 5.41. The summed E-state index contributed by atoms with van der Waals surface area (Å²) in [5.41, 5.74) is 3.82. The first kappa shape index (κ1) is 15.0. The van der Waals surface area contributed by atoms with Gasteiger partial charge in [0.05, 0.1) is 0 Å². The molecule has 0 radical (unpaired) electrons. The lowest BCUT2D eigenvalue weighted by Gasteiger charge is -2.24. The summed E-state index contributed by atoms with van der Waals surface area (Å²) in [7, 11) is 0. The lowest BCUT2D eigenvalue weighted by atomic mass is 10.0. The van der Waals surface area contributed by atoms with E-state index < -0.39 is 0 Å². The van der Waals surface area contributed by atoms with E-state index in [9.17, 15) is 0 Å². The topological polar surface area (TPSA) is 21.3 Å². The normalized spacial score (nSPS) is 12.8. The van der Waals surface area contributed by atoms with Gasteiger partial charge in [-0.1, -0.05) is 26.8 Å². The molecule has 0 saturated heterocycles. The number of benzene rings is 1. The monoisotopic (exact) mass is 249 g/mol. The fraction of sp³-hybridized carbons (Fsp3) is 0.625. The molecule has 0 aliphatic rings. The van der Waals surface area contributed by atoms with Crippen molar-refractivity contribution >= 4 is 0 Å². The van der Waals surface area contributed by atoms with E-state index in [1.165, 1.54) is 16.7 Å². The number of rotatable bonds is 6. The van der Waals surface area contributed by atoms with E-state index in [4.69, 9.17) is 4.74 Å². The SMILES string of the molecule is CCNCC(Oc1cc(C)cc(C)c1C)C(C)C. The average Bonchev–Trinajstić information content (AvgIpc) is 2.29. The van der Waals surface area contributed by atoms with Crippen molar-refractivity contribution in [1.29, 1.82) is 0 Å². The van der Waals surface area contributed by atoms with Gasteiger partial charge >= 0.3 is 0 Å². The van der Waals surface area contributed by atoms with Crippen LogP contribution < -0.4 is 10.1 Å². The summed E-state index contributed by atoms with van der Waals surface area (Å²) in [4.78, 5) is 0. The minimum atomic E-state index is 0.227. The maximum Gasteiger partial charge on any atom is 0.123 e. The molecule has 0 fully saturated rings. The maximum absolute atomic E-state index is 6.21. The van der Waals surface area contributed by atoms with Crippen LogP contribution in [0.5, 0.6) is 5.75 Å². The van der Waals surface area contributed by atoms with Crippen LogP contribution in [0.1, 0.15) is 37.5 Å². The van der Waals surface area contributed by atoms with Gasteiger partial charge in [0, 0.05) is 6.54 Å². The van der Waals surface area contributed by atoms with Gasteiger partial charge in [0.15, 0.2) is 0 Å². The van der Waals surface area contributed by atoms with Crippen LogP contribution in [0, 0.1) is 26.7 Å². The molecule has 0 spiro atoms. The fourth-order valence-corrected chi connectivity index (χ4v) is 1.99. The molecule has 102 valence electrons. The Hall–Kier alpha value is -1.02. The zero-order chi connectivity index (χ0) is 13.7. The minimum absolute atomic E-state index is 0.227. The summed E-state index contributed by atoms with van der Waals surface area (Å²) < 4.78 is 6.21. The first-order chi connectivity index (χ1) is 8.45. The Morgan fingerprint density at radius 3 is 2.39 bits per heavy atom. The van der Waals surface area contributed by atoms with Crippen molar-refractivity contribution in [2.45, 2.75) is 47.6 Å². The molecule has 1 aromatic carbocycles. The number of aryl methyl sites for hydroxylation is 2. The Bertz CT molecular complexity index is 385. The summed E-state index contributed by atoms with van der Waals surface area (Å²) in [5.74, 6) is 1.54. The minimum Gasteiger partial charge on any atom is -0.489 e. The van der Waals surface area contributed by atoms with Crippen LogP contribution in [0.15, 0.2) is 12.1 Å². The van der Waals surface area contributed by atoms with Gasteiger partial charge < -0.3 is 10.1 Å². The quantitative estimate of drug-likeness (QED) is 0.831. The van der Waals surface area contributed by atoms with Crippen LogP contribution in [0.2, 0.25) is 0 Å². The van der Waals surface area contributed by atoms with Crippen LogP contribution >= 0.6 is 0 Å². The Morgan fingerprint density at radius 1 is 1.17 bits per heavy atom. The summed E-state index contributed by atoms with van der Waals surface area (Å²) in [6.07, 6.45) is 0.227. The van der Waals surface area contributed by atoms with E-state index >= 15 is 0 Å². The van der Waals surface area contributed by atoms with Crippen LogP contribution in [0.3, 0.4) is 0 Å². The maximum atomic E-state index is 6.21. The molecule has 0 aliphatic heterocycles. The standard InChI is InChI=1S/C16H27NO/c1-7-17-10-16(11(2)3)18-15-9-12(4)8-13(5)14(15)6/h8-9,11,16-17H,7,10H2,1-6H3. The highest BCUT2D eigenvalue weighted by Gasteiger charge is 2.16. The van der Waals surface area contributed by atoms with Gasteiger partial charge in [-0.3, -0.25) is 0 Å². The Labute approximate surface area is 112 Å². The van der Waals surface area contributed by atoms with Crippen LogP contribution in [0.25, 0.3) is 0 Å². The van der Waals surface area contributed by atoms with E-state index in [0.717, 1.165) is 18.8 Å². The van der Waals surface area contributed by atoms with E-state index in [0.29, 0.717) is 5.92 Å². The predicted molar refractivity (Wildman–Crippen MR) is 78.5 cm³/mol. The number of ether oxygens (including phenoxy) is 1. The van der Waals surface area contributed by atoms with E-state index in [-0.39, 0.29) is 6.10 Å². The lowest BCUT2D eigenvalue weighted by Crippen LogP contribution is -2.35. The van der Waals surface area contributed by atoms with E-state index in [2.05, 4.69) is 59.0 Å². The molecule has 0 saturated carbocycles. The molecule has 2 nitrogen and oxygen atoms in total. The first-order valence-corrected chi connectivity index (χ1v) is 6.91. The molecule has 1 unspecified atom stereocenters. The first-order valence-electron chi connectivity index (χ1n) is 6.91. The van der Waals surface area contributed by atoms with Crippen molar-refractivity contribution in [3.63, 3.8) is 0 Å². The van der Waals surface area contributed by atoms with Crippen molar-refractivity contribution in [3.8, 4) is 5.75 Å².